The maximum Gasteiger partial charge on any atom is 0.124 e. The summed E-state index contributed by atoms with van der Waals surface area (Å²) < 4.78 is 0. The molecule has 6 heteroatoms. The number of nitrogens with one attached hydrogen (secondary N) is 4. The van der Waals surface area contributed by atoms with Crippen LogP contribution in [0.5, 0.6) is 0 Å². The summed E-state index contributed by atoms with van der Waals surface area (Å²) in [5.74, 6) is 2.10. The van der Waals surface area contributed by atoms with E-state index in [9.17, 15) is 0 Å². The van der Waals surface area contributed by atoms with Crippen LogP contribution in [0.25, 0.3) is 33.6 Å². The molecule has 0 saturated carbocycles. The lowest BCUT2D eigenvalue weighted by Gasteiger charge is -2.15. The van der Waals surface area contributed by atoms with Gasteiger partial charge in [0.1, 0.15) is 11.6 Å². The van der Waals surface area contributed by atoms with Gasteiger partial charge in [0.05, 0.1) is 30.2 Å². The number of benzene rings is 2. The van der Waals surface area contributed by atoms with Gasteiger partial charge in [0.15, 0.2) is 0 Å². The summed E-state index contributed by atoms with van der Waals surface area (Å²) in [5.41, 5.74) is 9.91. The Kier molecular flexibility index (Phi) is 6.71. The van der Waals surface area contributed by atoms with Crippen molar-refractivity contribution in [3.63, 3.8) is 0 Å². The van der Waals surface area contributed by atoms with Crippen LogP contribution in [0.4, 0.5) is 0 Å². The second-order valence-corrected chi connectivity index (χ2v) is 10.2. The number of aryl methyl sites for hydroxylation is 2. The predicted octanol–water partition coefficient (Wildman–Crippen LogP) is 5.94. The standard InChI is InChI=1S/C30H36N6/c1-2-15-31-19-28-33-18-27(34-28)21-11-9-20(10-12-21)22-13-14-24-23(17-22)6-3-4-7-25-29(24)36-30(35-25)26-8-5-16-32-26/h9-14,17-18,26,31-32H,2-8,15-16,19H2,1H3,(H,33,34)(H,35,36)/t26-/m0/s1. The SMILES string of the molecule is CCCNCc1ncc(-c2ccc(-c3ccc4c(c3)CCCCc3[nH]c([C@@H]5CCCN5)nc3-4)cc2)[nH]1. The summed E-state index contributed by atoms with van der Waals surface area (Å²) in [4.78, 5) is 16.8. The van der Waals surface area contributed by atoms with Gasteiger partial charge in [-0.1, -0.05) is 49.4 Å². The third-order valence-corrected chi connectivity index (χ3v) is 7.55. The minimum Gasteiger partial charge on any atom is -0.344 e. The molecule has 2 aromatic carbocycles. The number of imidazole rings is 2. The Hall–Kier alpha value is -3.22. The lowest BCUT2D eigenvalue weighted by Crippen LogP contribution is -2.14. The van der Waals surface area contributed by atoms with Gasteiger partial charge in [-0.15, -0.1) is 0 Å². The number of hydrogen-bond donors (Lipinski definition) is 4. The third kappa shape index (κ3) is 4.75. The van der Waals surface area contributed by atoms with E-state index in [1.807, 2.05) is 6.20 Å². The first-order valence-corrected chi connectivity index (χ1v) is 13.6. The molecular formula is C30H36N6. The molecular weight excluding hydrogens is 444 g/mol. The van der Waals surface area contributed by atoms with E-state index in [0.29, 0.717) is 6.04 Å². The van der Waals surface area contributed by atoms with Crippen molar-refractivity contribution in [3.8, 4) is 33.6 Å². The average Bonchev–Trinajstić information content (AvgIpc) is 3.67. The van der Waals surface area contributed by atoms with E-state index in [1.54, 1.807) is 0 Å². The van der Waals surface area contributed by atoms with Gasteiger partial charge in [-0.05, 0) is 80.3 Å². The van der Waals surface area contributed by atoms with Crippen LogP contribution in [0.3, 0.4) is 0 Å². The predicted molar refractivity (Wildman–Crippen MR) is 146 cm³/mol. The number of rotatable bonds is 7. The normalized spacial score (nSPS) is 17.4. The van der Waals surface area contributed by atoms with Gasteiger partial charge in [0.2, 0.25) is 0 Å². The quantitative estimate of drug-likeness (QED) is 0.247. The van der Waals surface area contributed by atoms with E-state index in [-0.39, 0.29) is 0 Å². The highest BCUT2D eigenvalue weighted by Crippen LogP contribution is 2.35. The highest BCUT2D eigenvalue weighted by Gasteiger charge is 2.24. The van der Waals surface area contributed by atoms with Crippen LogP contribution < -0.4 is 10.6 Å². The largest absolute Gasteiger partial charge is 0.344 e. The molecule has 1 aliphatic heterocycles. The second-order valence-electron chi connectivity index (χ2n) is 10.2. The van der Waals surface area contributed by atoms with Crippen LogP contribution in [0, 0.1) is 0 Å². The summed E-state index contributed by atoms with van der Waals surface area (Å²) in [6, 6.07) is 16.1. The Balaban J connectivity index is 1.24. The molecule has 186 valence electrons. The van der Waals surface area contributed by atoms with Crippen molar-refractivity contribution >= 4 is 0 Å². The van der Waals surface area contributed by atoms with Crippen LogP contribution in [-0.2, 0) is 19.4 Å². The molecule has 1 aliphatic carbocycles. The summed E-state index contributed by atoms with van der Waals surface area (Å²) in [6.45, 7) is 5.04. The van der Waals surface area contributed by atoms with Crippen molar-refractivity contribution in [2.24, 2.45) is 0 Å². The van der Waals surface area contributed by atoms with Crippen LogP contribution in [-0.4, -0.2) is 33.0 Å². The smallest absolute Gasteiger partial charge is 0.124 e. The Morgan fingerprint density at radius 1 is 0.944 bits per heavy atom. The molecule has 0 radical (unpaired) electrons. The van der Waals surface area contributed by atoms with Crippen molar-refractivity contribution in [2.75, 3.05) is 13.1 Å². The Bertz CT molecular complexity index is 1310. The first-order chi connectivity index (χ1) is 17.8. The van der Waals surface area contributed by atoms with E-state index < -0.39 is 0 Å². The molecule has 1 fully saturated rings. The first-order valence-electron chi connectivity index (χ1n) is 13.6. The van der Waals surface area contributed by atoms with Crippen LogP contribution in [0.1, 0.15) is 68.0 Å². The third-order valence-electron chi connectivity index (χ3n) is 7.55. The van der Waals surface area contributed by atoms with Gasteiger partial charge >= 0.3 is 0 Å². The molecule has 3 heterocycles. The van der Waals surface area contributed by atoms with Crippen molar-refractivity contribution < 1.29 is 0 Å². The number of aromatic nitrogens is 4. The monoisotopic (exact) mass is 480 g/mol. The maximum atomic E-state index is 5.12. The molecule has 6 nitrogen and oxygen atoms in total. The topological polar surface area (TPSA) is 81.4 Å². The number of hydrogen-bond acceptors (Lipinski definition) is 4. The molecule has 2 aliphatic rings. The van der Waals surface area contributed by atoms with E-state index >= 15 is 0 Å². The minimum absolute atomic E-state index is 0.373. The zero-order valence-corrected chi connectivity index (χ0v) is 21.2. The molecule has 0 amide bonds. The minimum atomic E-state index is 0.373. The molecule has 4 N–H and O–H groups in total. The van der Waals surface area contributed by atoms with Gasteiger partial charge < -0.3 is 20.6 Å². The number of fused-ring (bicyclic) bond motifs is 3. The summed E-state index contributed by atoms with van der Waals surface area (Å²) >= 11 is 0. The van der Waals surface area contributed by atoms with E-state index in [2.05, 4.69) is 75.0 Å². The lowest BCUT2D eigenvalue weighted by molar-refractivity contribution is 0.610. The van der Waals surface area contributed by atoms with E-state index in [4.69, 9.17) is 4.98 Å². The van der Waals surface area contributed by atoms with Gasteiger partial charge in [0, 0.05) is 11.3 Å². The molecule has 1 atom stereocenters. The maximum absolute atomic E-state index is 5.12. The highest BCUT2D eigenvalue weighted by molar-refractivity contribution is 5.75. The summed E-state index contributed by atoms with van der Waals surface area (Å²) in [7, 11) is 0. The second kappa shape index (κ2) is 10.4. The zero-order chi connectivity index (χ0) is 24.3. The fourth-order valence-corrected chi connectivity index (χ4v) is 5.57. The van der Waals surface area contributed by atoms with Gasteiger partial charge in [-0.3, -0.25) is 0 Å². The number of aromatic amines is 2. The molecule has 6 rings (SSSR count). The molecule has 0 bridgehead atoms. The average molecular weight is 481 g/mol. The van der Waals surface area contributed by atoms with Crippen LogP contribution >= 0.6 is 0 Å². The first kappa shape index (κ1) is 23.2. The van der Waals surface area contributed by atoms with Crippen LogP contribution in [0.2, 0.25) is 0 Å². The molecule has 0 unspecified atom stereocenters. The Morgan fingerprint density at radius 3 is 2.61 bits per heavy atom. The molecule has 2 aromatic heterocycles. The zero-order valence-electron chi connectivity index (χ0n) is 21.2. The van der Waals surface area contributed by atoms with E-state index in [1.165, 1.54) is 59.3 Å². The van der Waals surface area contributed by atoms with E-state index in [0.717, 1.165) is 61.8 Å². The van der Waals surface area contributed by atoms with Gasteiger partial charge in [-0.2, -0.15) is 0 Å². The van der Waals surface area contributed by atoms with Crippen molar-refractivity contribution in [1.82, 2.24) is 30.6 Å². The number of nitrogens with zero attached hydrogens (tertiary/aromatic N) is 2. The number of H-pyrrole nitrogens is 2. The Labute approximate surface area is 213 Å². The van der Waals surface area contributed by atoms with Gasteiger partial charge in [0.25, 0.3) is 0 Å². The van der Waals surface area contributed by atoms with Crippen molar-refractivity contribution in [2.45, 2.75) is 64.5 Å². The molecule has 1 saturated heterocycles. The molecule has 4 aromatic rings. The van der Waals surface area contributed by atoms with Crippen molar-refractivity contribution in [1.29, 1.82) is 0 Å². The Morgan fingerprint density at radius 2 is 1.78 bits per heavy atom. The highest BCUT2D eigenvalue weighted by atomic mass is 15.0. The summed E-state index contributed by atoms with van der Waals surface area (Å²) in [6.07, 6.45) is 10.1. The fourth-order valence-electron chi connectivity index (χ4n) is 5.57. The molecule has 0 spiro atoms. The molecule has 36 heavy (non-hydrogen) atoms. The van der Waals surface area contributed by atoms with Gasteiger partial charge in [-0.25, -0.2) is 9.97 Å². The fraction of sp³-hybridized carbons (Fsp3) is 0.400. The lowest BCUT2D eigenvalue weighted by atomic mass is 9.90. The summed E-state index contributed by atoms with van der Waals surface area (Å²) in [5, 5.41) is 6.99. The van der Waals surface area contributed by atoms with Crippen molar-refractivity contribution in [3.05, 3.63) is 71.6 Å². The van der Waals surface area contributed by atoms with Crippen LogP contribution in [0.15, 0.2) is 48.7 Å².